The van der Waals surface area contributed by atoms with Gasteiger partial charge in [-0.3, -0.25) is 4.79 Å². The zero-order valence-electron chi connectivity index (χ0n) is 15.7. The van der Waals surface area contributed by atoms with Crippen molar-refractivity contribution >= 4 is 22.5 Å². The molecule has 1 aromatic heterocycles. The number of hydrogen-bond donors (Lipinski definition) is 2. The molecule has 5 heteroatoms. The Morgan fingerprint density at radius 1 is 0.893 bits per heavy atom. The summed E-state index contributed by atoms with van der Waals surface area (Å²) in [4.78, 5) is 15.8. The summed E-state index contributed by atoms with van der Waals surface area (Å²) in [5.41, 5.74) is 4.00. The standard InChI is InChI=1S/C23H20N2O3/c1-27-18-10-7-15(8-11-18)19-14-17(9-12-22(19)28-2)24-23(26)21-13-16-5-3-4-6-20(16)25-21/h3-14,25H,1-2H3,(H,24,26). The molecule has 1 heterocycles. The Labute approximate surface area is 162 Å². The highest BCUT2D eigenvalue weighted by Gasteiger charge is 2.12. The van der Waals surface area contributed by atoms with Gasteiger partial charge in [0.25, 0.3) is 5.91 Å². The third-order valence-electron chi connectivity index (χ3n) is 4.63. The number of aromatic amines is 1. The van der Waals surface area contributed by atoms with E-state index in [9.17, 15) is 4.79 Å². The van der Waals surface area contributed by atoms with E-state index in [0.29, 0.717) is 11.4 Å². The van der Waals surface area contributed by atoms with Crippen LogP contribution in [-0.2, 0) is 0 Å². The Kier molecular flexibility index (Phi) is 4.72. The maximum Gasteiger partial charge on any atom is 0.272 e. The van der Waals surface area contributed by atoms with Gasteiger partial charge in [-0.05, 0) is 48.0 Å². The normalized spacial score (nSPS) is 10.6. The Morgan fingerprint density at radius 3 is 2.39 bits per heavy atom. The van der Waals surface area contributed by atoms with Crippen LogP contribution in [0.2, 0.25) is 0 Å². The van der Waals surface area contributed by atoms with Gasteiger partial charge in [-0.2, -0.15) is 0 Å². The number of rotatable bonds is 5. The second-order valence-corrected chi connectivity index (χ2v) is 6.37. The van der Waals surface area contributed by atoms with Crippen LogP contribution in [0.3, 0.4) is 0 Å². The molecule has 140 valence electrons. The highest BCUT2D eigenvalue weighted by atomic mass is 16.5. The number of para-hydroxylation sites is 1. The van der Waals surface area contributed by atoms with Crippen molar-refractivity contribution in [2.75, 3.05) is 19.5 Å². The van der Waals surface area contributed by atoms with Crippen LogP contribution in [0.4, 0.5) is 5.69 Å². The van der Waals surface area contributed by atoms with Crippen LogP contribution in [0.1, 0.15) is 10.5 Å². The first kappa shape index (κ1) is 17.7. The first-order valence-corrected chi connectivity index (χ1v) is 8.89. The number of H-pyrrole nitrogens is 1. The molecule has 0 unspecified atom stereocenters. The lowest BCUT2D eigenvalue weighted by atomic mass is 10.0. The van der Waals surface area contributed by atoms with Crippen molar-refractivity contribution in [3.63, 3.8) is 0 Å². The van der Waals surface area contributed by atoms with E-state index in [4.69, 9.17) is 9.47 Å². The Bertz CT molecular complexity index is 1100. The van der Waals surface area contributed by atoms with Crippen molar-refractivity contribution in [3.8, 4) is 22.6 Å². The van der Waals surface area contributed by atoms with Gasteiger partial charge in [-0.1, -0.05) is 30.3 Å². The third-order valence-corrected chi connectivity index (χ3v) is 4.63. The number of amides is 1. The number of methoxy groups -OCH3 is 2. The molecule has 0 aliphatic carbocycles. The number of anilines is 1. The number of carbonyl (C=O) groups excluding carboxylic acids is 1. The van der Waals surface area contributed by atoms with E-state index >= 15 is 0 Å². The van der Waals surface area contributed by atoms with Gasteiger partial charge in [0.15, 0.2) is 0 Å². The van der Waals surface area contributed by atoms with Gasteiger partial charge < -0.3 is 19.8 Å². The van der Waals surface area contributed by atoms with E-state index in [0.717, 1.165) is 33.5 Å². The molecule has 28 heavy (non-hydrogen) atoms. The van der Waals surface area contributed by atoms with E-state index < -0.39 is 0 Å². The SMILES string of the molecule is COc1ccc(-c2cc(NC(=O)c3cc4ccccc4[nH]3)ccc2OC)cc1. The summed E-state index contributed by atoms with van der Waals surface area (Å²) < 4.78 is 10.7. The van der Waals surface area contributed by atoms with Crippen LogP contribution in [-0.4, -0.2) is 25.1 Å². The molecule has 0 radical (unpaired) electrons. The van der Waals surface area contributed by atoms with Gasteiger partial charge in [0.2, 0.25) is 0 Å². The molecule has 0 aliphatic heterocycles. The van der Waals surface area contributed by atoms with E-state index in [-0.39, 0.29) is 5.91 Å². The maximum atomic E-state index is 12.7. The number of carbonyl (C=O) groups is 1. The molecular formula is C23H20N2O3. The topological polar surface area (TPSA) is 63.3 Å². The highest BCUT2D eigenvalue weighted by Crippen LogP contribution is 2.33. The molecule has 2 N–H and O–H groups in total. The fourth-order valence-electron chi connectivity index (χ4n) is 3.18. The van der Waals surface area contributed by atoms with Gasteiger partial charge >= 0.3 is 0 Å². The summed E-state index contributed by atoms with van der Waals surface area (Å²) in [6.07, 6.45) is 0. The number of ether oxygens (including phenoxy) is 2. The molecule has 0 bridgehead atoms. The fourth-order valence-corrected chi connectivity index (χ4v) is 3.18. The second kappa shape index (κ2) is 7.48. The zero-order valence-corrected chi connectivity index (χ0v) is 15.7. The van der Waals surface area contributed by atoms with E-state index in [2.05, 4.69) is 10.3 Å². The summed E-state index contributed by atoms with van der Waals surface area (Å²) in [5.74, 6) is 1.32. The predicted octanol–water partition coefficient (Wildman–Crippen LogP) is 5.10. The summed E-state index contributed by atoms with van der Waals surface area (Å²) in [6, 6.07) is 22.9. The van der Waals surface area contributed by atoms with Crippen LogP contribution in [0.15, 0.2) is 72.8 Å². The van der Waals surface area contributed by atoms with Crippen molar-refractivity contribution < 1.29 is 14.3 Å². The van der Waals surface area contributed by atoms with Gasteiger partial charge in [0.05, 0.1) is 14.2 Å². The molecule has 0 spiro atoms. The molecule has 4 rings (SSSR count). The Balaban J connectivity index is 1.63. The van der Waals surface area contributed by atoms with Gasteiger partial charge in [-0.15, -0.1) is 0 Å². The zero-order chi connectivity index (χ0) is 19.5. The molecule has 0 saturated carbocycles. The van der Waals surface area contributed by atoms with Crippen LogP contribution in [0.25, 0.3) is 22.0 Å². The Morgan fingerprint density at radius 2 is 1.68 bits per heavy atom. The summed E-state index contributed by atoms with van der Waals surface area (Å²) in [5, 5.41) is 3.95. The average Bonchev–Trinajstić information content (AvgIpc) is 3.18. The molecule has 3 aromatic carbocycles. The van der Waals surface area contributed by atoms with Crippen LogP contribution in [0, 0.1) is 0 Å². The lowest BCUT2D eigenvalue weighted by molar-refractivity contribution is 0.102. The molecule has 4 aromatic rings. The molecule has 0 saturated heterocycles. The van der Waals surface area contributed by atoms with Crippen LogP contribution < -0.4 is 14.8 Å². The summed E-state index contributed by atoms with van der Waals surface area (Å²) in [6.45, 7) is 0. The van der Waals surface area contributed by atoms with E-state index in [1.807, 2.05) is 72.8 Å². The molecule has 1 amide bonds. The first-order valence-electron chi connectivity index (χ1n) is 8.89. The quantitative estimate of drug-likeness (QED) is 0.512. The van der Waals surface area contributed by atoms with Crippen LogP contribution >= 0.6 is 0 Å². The summed E-state index contributed by atoms with van der Waals surface area (Å²) >= 11 is 0. The van der Waals surface area contributed by atoms with Gasteiger partial charge in [0.1, 0.15) is 17.2 Å². The minimum absolute atomic E-state index is 0.193. The molecule has 5 nitrogen and oxygen atoms in total. The number of fused-ring (bicyclic) bond motifs is 1. The first-order chi connectivity index (χ1) is 13.7. The largest absolute Gasteiger partial charge is 0.497 e. The number of benzene rings is 3. The van der Waals surface area contributed by atoms with Crippen molar-refractivity contribution in [2.45, 2.75) is 0 Å². The minimum Gasteiger partial charge on any atom is -0.497 e. The van der Waals surface area contributed by atoms with E-state index in [1.165, 1.54) is 0 Å². The van der Waals surface area contributed by atoms with Crippen molar-refractivity contribution in [2.24, 2.45) is 0 Å². The molecule has 0 aliphatic rings. The lowest BCUT2D eigenvalue weighted by Crippen LogP contribution is -2.12. The number of nitrogens with one attached hydrogen (secondary N) is 2. The second-order valence-electron chi connectivity index (χ2n) is 6.37. The van der Waals surface area contributed by atoms with Gasteiger partial charge in [0, 0.05) is 22.2 Å². The third kappa shape index (κ3) is 3.42. The summed E-state index contributed by atoms with van der Waals surface area (Å²) in [7, 11) is 3.26. The maximum absolute atomic E-state index is 12.7. The number of hydrogen-bond acceptors (Lipinski definition) is 3. The smallest absolute Gasteiger partial charge is 0.272 e. The fraction of sp³-hybridized carbons (Fsp3) is 0.0870. The average molecular weight is 372 g/mol. The lowest BCUT2D eigenvalue weighted by Gasteiger charge is -2.12. The van der Waals surface area contributed by atoms with E-state index in [1.54, 1.807) is 14.2 Å². The van der Waals surface area contributed by atoms with Crippen LogP contribution in [0.5, 0.6) is 11.5 Å². The van der Waals surface area contributed by atoms with Crippen molar-refractivity contribution in [1.82, 2.24) is 4.98 Å². The van der Waals surface area contributed by atoms with Crippen molar-refractivity contribution in [3.05, 3.63) is 78.5 Å². The number of aromatic nitrogens is 1. The molecule has 0 fully saturated rings. The monoisotopic (exact) mass is 372 g/mol. The predicted molar refractivity (Wildman–Crippen MR) is 111 cm³/mol. The Hall–Kier alpha value is -3.73. The highest BCUT2D eigenvalue weighted by molar-refractivity contribution is 6.06. The van der Waals surface area contributed by atoms with Crippen molar-refractivity contribution in [1.29, 1.82) is 0 Å². The molecule has 0 atom stereocenters. The van der Waals surface area contributed by atoms with Gasteiger partial charge in [-0.25, -0.2) is 0 Å². The minimum atomic E-state index is -0.193. The molecular weight excluding hydrogens is 352 g/mol.